The average molecular weight is 266 g/mol. The number of fused-ring (bicyclic) bond motifs is 1. The number of nitrogens with one attached hydrogen (secondary N) is 1. The summed E-state index contributed by atoms with van der Waals surface area (Å²) < 4.78 is 1.83. The van der Waals surface area contributed by atoms with Crippen LogP contribution in [-0.4, -0.2) is 21.3 Å². The fourth-order valence-electron chi connectivity index (χ4n) is 1.69. The van der Waals surface area contributed by atoms with Crippen molar-refractivity contribution in [1.82, 2.24) is 14.7 Å². The quantitative estimate of drug-likeness (QED) is 0.923. The molecule has 1 amide bonds. The summed E-state index contributed by atoms with van der Waals surface area (Å²) in [5.41, 5.74) is 1.55. The number of pyridine rings is 1. The number of carbonyl (C=O) groups excluding carboxylic acids is 1. The van der Waals surface area contributed by atoms with Gasteiger partial charge in [0.05, 0.1) is 17.1 Å². The van der Waals surface area contributed by atoms with E-state index in [0.717, 1.165) is 17.8 Å². The maximum Gasteiger partial charge on any atom is 0.226 e. The van der Waals surface area contributed by atoms with Crippen LogP contribution in [0.15, 0.2) is 24.5 Å². The molecule has 0 fully saturated rings. The molecular formula is C13H16ClN3O. The second kappa shape index (κ2) is 5.40. The molecule has 0 aromatic carbocycles. The molecule has 2 aromatic rings. The van der Waals surface area contributed by atoms with Crippen LogP contribution in [0.2, 0.25) is 5.02 Å². The molecule has 4 nitrogen and oxygen atoms in total. The number of nitrogens with zero attached hydrogens (tertiary/aromatic N) is 2. The van der Waals surface area contributed by atoms with E-state index in [-0.39, 0.29) is 11.9 Å². The Morgan fingerprint density at radius 2 is 2.28 bits per heavy atom. The smallest absolute Gasteiger partial charge is 0.226 e. The second-order valence-corrected chi connectivity index (χ2v) is 4.84. The highest BCUT2D eigenvalue weighted by atomic mass is 35.5. The fraction of sp³-hybridized carbons (Fsp3) is 0.385. The van der Waals surface area contributed by atoms with Crippen molar-refractivity contribution in [1.29, 1.82) is 0 Å². The van der Waals surface area contributed by atoms with Gasteiger partial charge in [-0.3, -0.25) is 4.79 Å². The van der Waals surface area contributed by atoms with Crippen LogP contribution < -0.4 is 5.32 Å². The molecule has 1 N–H and O–H groups in total. The predicted molar refractivity (Wildman–Crippen MR) is 71.8 cm³/mol. The zero-order chi connectivity index (χ0) is 13.1. The predicted octanol–water partition coefficient (Wildman–Crippen LogP) is 2.44. The number of hydrogen-bond donors (Lipinski definition) is 1. The van der Waals surface area contributed by atoms with Crippen molar-refractivity contribution < 1.29 is 4.79 Å². The highest BCUT2D eigenvalue weighted by Gasteiger charge is 2.09. The van der Waals surface area contributed by atoms with Crippen molar-refractivity contribution in [3.05, 3.63) is 35.2 Å². The standard InChI is InChI=1S/C13H16ClN3O/c1-3-9(2)15-13(18)6-11-8-17-7-10(14)4-5-12(17)16-11/h4-5,7-9H,3,6H2,1-2H3,(H,15,18). The van der Waals surface area contributed by atoms with Crippen LogP contribution >= 0.6 is 11.6 Å². The first kappa shape index (κ1) is 12.9. The first-order valence-corrected chi connectivity index (χ1v) is 6.38. The monoisotopic (exact) mass is 265 g/mol. The molecule has 0 saturated heterocycles. The Bertz CT molecular complexity index is 564. The maximum atomic E-state index is 11.7. The lowest BCUT2D eigenvalue weighted by molar-refractivity contribution is -0.121. The summed E-state index contributed by atoms with van der Waals surface area (Å²) in [6.45, 7) is 4.03. The van der Waals surface area contributed by atoms with Gasteiger partial charge in [0.15, 0.2) is 0 Å². The van der Waals surface area contributed by atoms with Crippen molar-refractivity contribution in [3.8, 4) is 0 Å². The second-order valence-electron chi connectivity index (χ2n) is 4.40. The molecule has 0 aliphatic heterocycles. The van der Waals surface area contributed by atoms with Gasteiger partial charge in [0, 0.05) is 18.4 Å². The summed E-state index contributed by atoms with van der Waals surface area (Å²) in [6.07, 6.45) is 4.83. The molecule has 5 heteroatoms. The van der Waals surface area contributed by atoms with Crippen molar-refractivity contribution in [3.63, 3.8) is 0 Å². The molecule has 1 unspecified atom stereocenters. The number of hydrogen-bond acceptors (Lipinski definition) is 2. The van der Waals surface area contributed by atoms with Gasteiger partial charge in [0.2, 0.25) is 5.91 Å². The van der Waals surface area contributed by atoms with E-state index in [9.17, 15) is 4.79 Å². The summed E-state index contributed by atoms with van der Waals surface area (Å²) in [5, 5.41) is 3.57. The summed E-state index contributed by atoms with van der Waals surface area (Å²) >= 11 is 5.89. The van der Waals surface area contributed by atoms with Gasteiger partial charge in [-0.1, -0.05) is 18.5 Å². The van der Waals surface area contributed by atoms with Gasteiger partial charge in [-0.25, -0.2) is 4.98 Å². The molecule has 18 heavy (non-hydrogen) atoms. The van der Waals surface area contributed by atoms with Gasteiger partial charge in [-0.15, -0.1) is 0 Å². The third-order valence-electron chi connectivity index (χ3n) is 2.83. The number of amides is 1. The molecule has 1 atom stereocenters. The summed E-state index contributed by atoms with van der Waals surface area (Å²) in [4.78, 5) is 16.1. The number of carbonyl (C=O) groups is 1. The van der Waals surface area contributed by atoms with Crippen LogP contribution in [0.1, 0.15) is 26.0 Å². The Hall–Kier alpha value is -1.55. The molecule has 0 bridgehead atoms. The van der Waals surface area contributed by atoms with Crippen LogP contribution in [-0.2, 0) is 11.2 Å². The zero-order valence-corrected chi connectivity index (χ0v) is 11.2. The number of rotatable bonds is 4. The third kappa shape index (κ3) is 3.01. The molecule has 0 radical (unpaired) electrons. The van der Waals surface area contributed by atoms with Crippen LogP contribution in [0.4, 0.5) is 0 Å². The molecule has 2 heterocycles. The minimum atomic E-state index is -0.00106. The molecular weight excluding hydrogens is 250 g/mol. The van der Waals surface area contributed by atoms with Crippen molar-refractivity contribution in [2.45, 2.75) is 32.7 Å². The normalized spacial score (nSPS) is 12.6. The van der Waals surface area contributed by atoms with Gasteiger partial charge in [0.25, 0.3) is 0 Å². The Labute approximate surface area is 111 Å². The Kier molecular flexibility index (Phi) is 3.87. The third-order valence-corrected chi connectivity index (χ3v) is 3.05. The van der Waals surface area contributed by atoms with E-state index in [1.165, 1.54) is 0 Å². The number of halogens is 1. The minimum absolute atomic E-state index is 0.00106. The molecule has 0 saturated carbocycles. The lowest BCUT2D eigenvalue weighted by Gasteiger charge is -2.09. The highest BCUT2D eigenvalue weighted by Crippen LogP contribution is 2.12. The van der Waals surface area contributed by atoms with E-state index >= 15 is 0 Å². The van der Waals surface area contributed by atoms with Crippen molar-refractivity contribution in [2.24, 2.45) is 0 Å². The minimum Gasteiger partial charge on any atom is -0.353 e. The first-order valence-electron chi connectivity index (χ1n) is 6.01. The van der Waals surface area contributed by atoms with E-state index in [4.69, 9.17) is 11.6 Å². The molecule has 0 spiro atoms. The fourth-order valence-corrected chi connectivity index (χ4v) is 1.86. The van der Waals surface area contributed by atoms with Gasteiger partial charge >= 0.3 is 0 Å². The van der Waals surface area contributed by atoms with E-state index in [1.54, 1.807) is 12.3 Å². The van der Waals surface area contributed by atoms with Crippen LogP contribution in [0.3, 0.4) is 0 Å². The highest BCUT2D eigenvalue weighted by molar-refractivity contribution is 6.30. The molecule has 2 aromatic heterocycles. The lowest BCUT2D eigenvalue weighted by Crippen LogP contribution is -2.33. The zero-order valence-electron chi connectivity index (χ0n) is 10.5. The van der Waals surface area contributed by atoms with Crippen molar-refractivity contribution >= 4 is 23.2 Å². The summed E-state index contributed by atoms with van der Waals surface area (Å²) in [5.74, 6) is -0.00106. The van der Waals surface area contributed by atoms with Crippen LogP contribution in [0.25, 0.3) is 5.65 Å². The van der Waals surface area contributed by atoms with Gasteiger partial charge in [-0.05, 0) is 25.5 Å². The molecule has 2 rings (SSSR count). The average Bonchev–Trinajstić information content (AvgIpc) is 2.69. The van der Waals surface area contributed by atoms with E-state index in [2.05, 4.69) is 10.3 Å². The number of aromatic nitrogens is 2. The molecule has 96 valence electrons. The molecule has 0 aliphatic rings. The largest absolute Gasteiger partial charge is 0.353 e. The lowest BCUT2D eigenvalue weighted by atomic mass is 10.2. The van der Waals surface area contributed by atoms with E-state index < -0.39 is 0 Å². The van der Waals surface area contributed by atoms with Gasteiger partial charge in [-0.2, -0.15) is 0 Å². The van der Waals surface area contributed by atoms with Gasteiger partial charge in [0.1, 0.15) is 5.65 Å². The summed E-state index contributed by atoms with van der Waals surface area (Å²) in [6, 6.07) is 3.81. The SMILES string of the molecule is CCC(C)NC(=O)Cc1cn2cc(Cl)ccc2n1. The van der Waals surface area contributed by atoms with E-state index in [0.29, 0.717) is 11.4 Å². The van der Waals surface area contributed by atoms with E-state index in [1.807, 2.05) is 30.5 Å². The Morgan fingerprint density at radius 3 is 3.00 bits per heavy atom. The molecule has 0 aliphatic carbocycles. The van der Waals surface area contributed by atoms with Crippen molar-refractivity contribution in [2.75, 3.05) is 0 Å². The summed E-state index contributed by atoms with van der Waals surface area (Å²) in [7, 11) is 0. The number of imidazole rings is 1. The van der Waals surface area contributed by atoms with Crippen LogP contribution in [0, 0.1) is 0 Å². The first-order chi connectivity index (χ1) is 8.58. The Balaban J connectivity index is 2.10. The van der Waals surface area contributed by atoms with Gasteiger partial charge < -0.3 is 9.72 Å². The van der Waals surface area contributed by atoms with Crippen LogP contribution in [0.5, 0.6) is 0 Å². The Morgan fingerprint density at radius 1 is 1.50 bits per heavy atom. The maximum absolute atomic E-state index is 11.7. The topological polar surface area (TPSA) is 46.4 Å².